The van der Waals surface area contributed by atoms with E-state index in [1.165, 1.54) is 12.1 Å². The van der Waals surface area contributed by atoms with Crippen molar-refractivity contribution < 1.29 is 25.8 Å². The van der Waals surface area contributed by atoms with Gasteiger partial charge in [0, 0.05) is 6.54 Å². The highest BCUT2D eigenvalue weighted by Gasteiger charge is 2.48. The van der Waals surface area contributed by atoms with Crippen molar-refractivity contribution in [1.82, 2.24) is 4.90 Å². The van der Waals surface area contributed by atoms with Crippen LogP contribution in [-0.2, 0) is 10.1 Å². The van der Waals surface area contributed by atoms with Crippen LogP contribution in [-0.4, -0.2) is 39.0 Å². The molecule has 0 bridgehead atoms. The number of benzene rings is 1. The topological polar surface area (TPSA) is 46.6 Å². The van der Waals surface area contributed by atoms with E-state index < -0.39 is 15.6 Å². The van der Waals surface area contributed by atoms with Crippen LogP contribution in [0.15, 0.2) is 24.3 Å². The summed E-state index contributed by atoms with van der Waals surface area (Å²) in [5, 5.41) is 0. The average Bonchev–Trinajstić information content (AvgIpc) is 2.38. The van der Waals surface area contributed by atoms with Gasteiger partial charge in [-0.1, -0.05) is 12.1 Å². The zero-order valence-electron chi connectivity index (χ0n) is 11.4. The molecular formula is C13H16F3NO3S. The molecule has 1 unspecified atom stereocenters. The second-order valence-electron chi connectivity index (χ2n) is 5.15. The first-order valence-corrected chi connectivity index (χ1v) is 7.89. The van der Waals surface area contributed by atoms with Crippen LogP contribution in [0.4, 0.5) is 13.2 Å². The van der Waals surface area contributed by atoms with Crippen LogP contribution in [0.1, 0.15) is 24.3 Å². The maximum absolute atomic E-state index is 12.2. The van der Waals surface area contributed by atoms with Crippen molar-refractivity contribution in [1.29, 1.82) is 0 Å². The third kappa shape index (κ3) is 3.88. The lowest BCUT2D eigenvalue weighted by Crippen LogP contribution is -2.30. The molecule has 1 fully saturated rings. The number of hydrogen-bond donors (Lipinski definition) is 0. The van der Waals surface area contributed by atoms with Crippen LogP contribution in [0, 0.1) is 0 Å². The lowest BCUT2D eigenvalue weighted by molar-refractivity contribution is -0.0500. The Hall–Kier alpha value is -1.28. The van der Waals surface area contributed by atoms with Crippen LogP contribution < -0.4 is 4.18 Å². The number of likely N-dealkylation sites (tertiary alicyclic amines) is 1. The minimum absolute atomic E-state index is 0.303. The van der Waals surface area contributed by atoms with Crippen molar-refractivity contribution in [3.8, 4) is 5.75 Å². The SMILES string of the molecule is CN1CCCC(c2ccc(OS(=O)(=O)C(F)(F)F)cc2)C1. The highest BCUT2D eigenvalue weighted by Crippen LogP contribution is 2.30. The zero-order valence-corrected chi connectivity index (χ0v) is 12.2. The fourth-order valence-corrected chi connectivity index (χ4v) is 2.87. The van der Waals surface area contributed by atoms with E-state index in [9.17, 15) is 21.6 Å². The minimum Gasteiger partial charge on any atom is -0.376 e. The summed E-state index contributed by atoms with van der Waals surface area (Å²) in [6.07, 6.45) is 2.06. The molecule has 0 radical (unpaired) electrons. The second kappa shape index (κ2) is 5.84. The van der Waals surface area contributed by atoms with E-state index in [1.807, 2.05) is 7.05 Å². The Morgan fingerprint density at radius 2 is 1.86 bits per heavy atom. The molecule has 1 aromatic carbocycles. The van der Waals surface area contributed by atoms with Gasteiger partial charge in [-0.25, -0.2) is 0 Å². The Morgan fingerprint density at radius 1 is 1.24 bits per heavy atom. The number of likely N-dealkylation sites (N-methyl/N-ethyl adjacent to an activating group) is 1. The number of alkyl halides is 3. The number of halogens is 3. The van der Waals surface area contributed by atoms with Gasteiger partial charge in [0.2, 0.25) is 0 Å². The summed E-state index contributed by atoms with van der Waals surface area (Å²) >= 11 is 0. The molecule has 1 aromatic rings. The van der Waals surface area contributed by atoms with Gasteiger partial charge in [-0.05, 0) is 50.0 Å². The zero-order chi connectivity index (χ0) is 15.7. The third-order valence-corrected chi connectivity index (χ3v) is 4.44. The van der Waals surface area contributed by atoms with Gasteiger partial charge in [0.05, 0.1) is 0 Å². The van der Waals surface area contributed by atoms with E-state index in [0.29, 0.717) is 5.92 Å². The van der Waals surface area contributed by atoms with Crippen molar-refractivity contribution in [3.63, 3.8) is 0 Å². The Balaban J connectivity index is 2.09. The molecule has 4 nitrogen and oxygen atoms in total. The lowest BCUT2D eigenvalue weighted by Gasteiger charge is -2.30. The Kier molecular flexibility index (Phi) is 4.48. The summed E-state index contributed by atoms with van der Waals surface area (Å²) in [4.78, 5) is 2.19. The molecular weight excluding hydrogens is 307 g/mol. The number of rotatable bonds is 3. The first-order valence-electron chi connectivity index (χ1n) is 6.48. The first-order chi connectivity index (χ1) is 9.69. The molecule has 8 heteroatoms. The van der Waals surface area contributed by atoms with Crippen molar-refractivity contribution in [2.24, 2.45) is 0 Å². The smallest absolute Gasteiger partial charge is 0.376 e. The minimum atomic E-state index is -5.61. The number of nitrogens with zero attached hydrogens (tertiary/aromatic N) is 1. The molecule has 118 valence electrons. The molecule has 0 N–H and O–H groups in total. The van der Waals surface area contributed by atoms with Gasteiger partial charge < -0.3 is 9.08 Å². The fourth-order valence-electron chi connectivity index (χ4n) is 2.41. The van der Waals surface area contributed by atoms with E-state index >= 15 is 0 Å². The Morgan fingerprint density at radius 3 is 2.38 bits per heavy atom. The summed E-state index contributed by atoms with van der Waals surface area (Å²) in [7, 11) is -3.59. The molecule has 1 heterocycles. The van der Waals surface area contributed by atoms with Crippen LogP contribution in [0.3, 0.4) is 0 Å². The fraction of sp³-hybridized carbons (Fsp3) is 0.538. The molecule has 0 saturated carbocycles. The van der Waals surface area contributed by atoms with Crippen LogP contribution in [0.5, 0.6) is 5.75 Å². The van der Waals surface area contributed by atoms with Crippen molar-refractivity contribution in [2.45, 2.75) is 24.3 Å². The maximum Gasteiger partial charge on any atom is 0.534 e. The van der Waals surface area contributed by atoms with Gasteiger partial charge in [0.15, 0.2) is 0 Å². The van der Waals surface area contributed by atoms with Crippen molar-refractivity contribution >= 4 is 10.1 Å². The molecule has 0 spiro atoms. The Labute approximate surface area is 121 Å². The summed E-state index contributed by atoms with van der Waals surface area (Å²) in [6, 6.07) is 5.75. The molecule has 1 aliphatic heterocycles. The maximum atomic E-state index is 12.2. The molecule has 2 rings (SSSR count). The predicted molar refractivity (Wildman–Crippen MR) is 71.5 cm³/mol. The predicted octanol–water partition coefficient (Wildman–Crippen LogP) is 2.72. The van der Waals surface area contributed by atoms with Gasteiger partial charge in [0.1, 0.15) is 5.75 Å². The largest absolute Gasteiger partial charge is 0.534 e. The number of hydrogen-bond acceptors (Lipinski definition) is 4. The van der Waals surface area contributed by atoms with E-state index in [-0.39, 0.29) is 5.75 Å². The summed E-state index contributed by atoms with van der Waals surface area (Å²) < 4.78 is 62.5. The van der Waals surface area contributed by atoms with Gasteiger partial charge in [-0.3, -0.25) is 0 Å². The molecule has 1 saturated heterocycles. The number of piperidine rings is 1. The van der Waals surface area contributed by atoms with Gasteiger partial charge in [0.25, 0.3) is 0 Å². The van der Waals surface area contributed by atoms with Crippen molar-refractivity contribution in [2.75, 3.05) is 20.1 Å². The highest BCUT2D eigenvalue weighted by atomic mass is 32.2. The van der Waals surface area contributed by atoms with E-state index in [0.717, 1.165) is 31.5 Å². The quantitative estimate of drug-likeness (QED) is 0.634. The summed E-state index contributed by atoms with van der Waals surface area (Å²) in [5.74, 6) is -0.0303. The second-order valence-corrected chi connectivity index (χ2v) is 6.69. The van der Waals surface area contributed by atoms with E-state index in [1.54, 1.807) is 12.1 Å². The molecule has 21 heavy (non-hydrogen) atoms. The molecule has 1 aliphatic rings. The van der Waals surface area contributed by atoms with Gasteiger partial charge in [-0.2, -0.15) is 21.6 Å². The normalized spacial score (nSPS) is 21.2. The standard InChI is InChI=1S/C13H16F3NO3S/c1-17-8-2-3-11(9-17)10-4-6-12(7-5-10)20-21(18,19)13(14,15)16/h4-7,11H,2-3,8-9H2,1H3. The van der Waals surface area contributed by atoms with E-state index in [4.69, 9.17) is 0 Å². The van der Waals surface area contributed by atoms with Crippen LogP contribution in [0.25, 0.3) is 0 Å². The van der Waals surface area contributed by atoms with Gasteiger partial charge in [-0.15, -0.1) is 0 Å². The first kappa shape index (κ1) is 16.1. The van der Waals surface area contributed by atoms with Crippen molar-refractivity contribution in [3.05, 3.63) is 29.8 Å². The lowest BCUT2D eigenvalue weighted by atomic mass is 9.91. The third-order valence-electron chi connectivity index (χ3n) is 3.47. The highest BCUT2D eigenvalue weighted by molar-refractivity contribution is 7.87. The summed E-state index contributed by atoms with van der Waals surface area (Å²) in [6.45, 7) is 1.91. The Bertz CT molecular complexity index is 584. The average molecular weight is 323 g/mol. The molecule has 0 aliphatic carbocycles. The van der Waals surface area contributed by atoms with Crippen LogP contribution in [0.2, 0.25) is 0 Å². The van der Waals surface area contributed by atoms with E-state index in [2.05, 4.69) is 9.08 Å². The molecule has 1 atom stereocenters. The molecule has 0 aromatic heterocycles. The van der Waals surface area contributed by atoms with Crippen LogP contribution >= 0.6 is 0 Å². The summed E-state index contributed by atoms with van der Waals surface area (Å²) in [5.41, 5.74) is -4.45. The van der Waals surface area contributed by atoms with Gasteiger partial charge >= 0.3 is 15.6 Å². The monoisotopic (exact) mass is 323 g/mol. The molecule has 0 amide bonds.